The van der Waals surface area contributed by atoms with Crippen LogP contribution in [0.3, 0.4) is 0 Å². The number of aliphatic hydroxyl groups excluding tert-OH is 1. The molecule has 1 aliphatic rings. The number of rotatable bonds is 4. The van der Waals surface area contributed by atoms with E-state index in [1.807, 2.05) is 0 Å². The molecule has 1 nitrogen and oxygen atoms in total. The quantitative estimate of drug-likeness (QED) is 0.721. The average Bonchev–Trinajstić information content (AvgIpc) is 2.50. The third-order valence-electron chi connectivity index (χ3n) is 3.38. The van der Waals surface area contributed by atoms with Crippen LogP contribution in [-0.4, -0.2) is 34.2 Å². The molecule has 1 saturated heterocycles. The molecule has 1 unspecified atom stereocenters. The summed E-state index contributed by atoms with van der Waals surface area (Å²) >= 11 is 0. The second kappa shape index (κ2) is 4.52. The summed E-state index contributed by atoms with van der Waals surface area (Å²) in [4.78, 5) is 0. The second-order valence-electron chi connectivity index (χ2n) is 3.67. The topological polar surface area (TPSA) is 20.2 Å². The summed E-state index contributed by atoms with van der Waals surface area (Å²) in [7, 11) is -0.300. The first kappa shape index (κ1) is 10.4. The summed E-state index contributed by atoms with van der Waals surface area (Å²) in [6.07, 6.45) is 3.87. The van der Waals surface area contributed by atoms with Gasteiger partial charge in [0, 0.05) is 6.61 Å². The van der Waals surface area contributed by atoms with Crippen molar-refractivity contribution in [2.24, 2.45) is 0 Å². The molecule has 1 N–H and O–H groups in total. The van der Waals surface area contributed by atoms with E-state index < -0.39 is 0 Å². The lowest BCUT2D eigenvalue weighted by Crippen LogP contribution is -2.19. The average molecular weight is 190 g/mol. The smallest absolute Gasteiger partial charge is 0.0441 e. The molecular formula is C10H22OS. The van der Waals surface area contributed by atoms with Gasteiger partial charge < -0.3 is 5.11 Å². The highest BCUT2D eigenvalue weighted by molar-refractivity contribution is 8.34. The minimum absolute atomic E-state index is 0.300. The largest absolute Gasteiger partial charge is 0.396 e. The maximum absolute atomic E-state index is 8.96. The highest BCUT2D eigenvalue weighted by Crippen LogP contribution is 2.59. The van der Waals surface area contributed by atoms with E-state index in [-0.39, 0.29) is 10.0 Å². The minimum Gasteiger partial charge on any atom is -0.396 e. The van der Waals surface area contributed by atoms with Crippen LogP contribution in [0.5, 0.6) is 0 Å². The summed E-state index contributed by atoms with van der Waals surface area (Å²) < 4.78 is 0. The highest BCUT2D eigenvalue weighted by Gasteiger charge is 2.34. The monoisotopic (exact) mass is 190 g/mol. The lowest BCUT2D eigenvalue weighted by molar-refractivity contribution is 0.286. The van der Waals surface area contributed by atoms with Crippen molar-refractivity contribution in [2.45, 2.75) is 38.4 Å². The molecule has 0 aliphatic carbocycles. The third-order valence-corrected chi connectivity index (χ3v) is 8.67. The molecule has 0 aromatic carbocycles. The Morgan fingerprint density at radius 2 is 2.00 bits per heavy atom. The van der Waals surface area contributed by atoms with E-state index in [1.54, 1.807) is 0 Å². The van der Waals surface area contributed by atoms with Gasteiger partial charge >= 0.3 is 0 Å². The highest BCUT2D eigenvalue weighted by atomic mass is 32.3. The summed E-state index contributed by atoms with van der Waals surface area (Å²) in [5.41, 5.74) is 0. The van der Waals surface area contributed by atoms with Crippen LogP contribution in [0.25, 0.3) is 0 Å². The molecule has 0 aromatic rings. The molecule has 0 saturated carbocycles. The number of aliphatic hydroxyl groups is 1. The van der Waals surface area contributed by atoms with Crippen molar-refractivity contribution in [3.05, 3.63) is 0 Å². The van der Waals surface area contributed by atoms with Crippen LogP contribution in [0.2, 0.25) is 0 Å². The predicted octanol–water partition coefficient (Wildman–Crippen LogP) is 2.38. The minimum atomic E-state index is -0.300. The van der Waals surface area contributed by atoms with Crippen molar-refractivity contribution in [2.75, 3.05) is 23.9 Å². The van der Waals surface area contributed by atoms with Crippen molar-refractivity contribution in [3.8, 4) is 0 Å². The van der Waals surface area contributed by atoms with Crippen molar-refractivity contribution >= 4 is 10.0 Å². The molecule has 0 amide bonds. The fourth-order valence-electron chi connectivity index (χ4n) is 2.52. The molecule has 2 heteroatoms. The van der Waals surface area contributed by atoms with Gasteiger partial charge in [-0.15, -0.1) is 0 Å². The maximum Gasteiger partial charge on any atom is 0.0441 e. The molecule has 0 bridgehead atoms. The SMILES string of the molecule is CCS1(CC)CCCC1CCO. The molecule has 1 rings (SSSR count). The van der Waals surface area contributed by atoms with Gasteiger partial charge in [0.1, 0.15) is 0 Å². The Kier molecular flexibility index (Phi) is 3.91. The molecular weight excluding hydrogens is 168 g/mol. The summed E-state index contributed by atoms with van der Waals surface area (Å²) in [6.45, 7) is 5.09. The van der Waals surface area contributed by atoms with Gasteiger partial charge in [0.2, 0.25) is 0 Å². The Hall–Kier alpha value is 0.310. The molecule has 74 valence electrons. The lowest BCUT2D eigenvalue weighted by atomic mass is 10.2. The summed E-state index contributed by atoms with van der Waals surface area (Å²) in [5, 5.41) is 9.85. The van der Waals surface area contributed by atoms with E-state index in [0.717, 1.165) is 11.7 Å². The van der Waals surface area contributed by atoms with Crippen molar-refractivity contribution < 1.29 is 5.11 Å². The molecule has 1 fully saturated rings. The van der Waals surface area contributed by atoms with Gasteiger partial charge in [-0.3, -0.25) is 0 Å². The lowest BCUT2D eigenvalue weighted by Gasteiger charge is -2.40. The van der Waals surface area contributed by atoms with Crippen molar-refractivity contribution in [1.82, 2.24) is 0 Å². The van der Waals surface area contributed by atoms with Crippen LogP contribution >= 0.6 is 10.0 Å². The van der Waals surface area contributed by atoms with Gasteiger partial charge in [-0.05, 0) is 41.8 Å². The van der Waals surface area contributed by atoms with E-state index in [1.165, 1.54) is 30.1 Å². The zero-order valence-corrected chi connectivity index (χ0v) is 9.20. The van der Waals surface area contributed by atoms with E-state index in [9.17, 15) is 0 Å². The fourth-order valence-corrected chi connectivity index (χ4v) is 6.79. The molecule has 1 atom stereocenters. The van der Waals surface area contributed by atoms with Gasteiger partial charge in [0.25, 0.3) is 0 Å². The van der Waals surface area contributed by atoms with Crippen LogP contribution in [-0.2, 0) is 0 Å². The molecule has 12 heavy (non-hydrogen) atoms. The normalized spacial score (nSPS) is 30.4. The van der Waals surface area contributed by atoms with Gasteiger partial charge in [-0.1, -0.05) is 13.8 Å². The van der Waals surface area contributed by atoms with E-state index in [0.29, 0.717) is 6.61 Å². The first-order valence-corrected chi connectivity index (χ1v) is 7.35. The summed E-state index contributed by atoms with van der Waals surface area (Å²) in [5.74, 6) is 4.24. The Balaban J connectivity index is 2.58. The van der Waals surface area contributed by atoms with Crippen LogP contribution in [0, 0.1) is 0 Å². The molecule has 0 radical (unpaired) electrons. The Labute approximate surface area is 77.9 Å². The first-order valence-electron chi connectivity index (χ1n) is 5.15. The Bertz CT molecular complexity index is 132. The van der Waals surface area contributed by atoms with Crippen molar-refractivity contribution in [1.29, 1.82) is 0 Å². The molecule has 0 aromatic heterocycles. The van der Waals surface area contributed by atoms with E-state index in [4.69, 9.17) is 5.11 Å². The predicted molar refractivity (Wildman–Crippen MR) is 58.3 cm³/mol. The van der Waals surface area contributed by atoms with E-state index >= 15 is 0 Å². The molecule has 1 aliphatic heterocycles. The standard InChI is InChI=1S/C10H22OS/c1-3-12(4-2)9-5-6-10(12)7-8-11/h10-11H,3-9H2,1-2H3. The maximum atomic E-state index is 8.96. The Morgan fingerprint density at radius 1 is 1.33 bits per heavy atom. The van der Waals surface area contributed by atoms with E-state index in [2.05, 4.69) is 13.8 Å². The van der Waals surface area contributed by atoms with Crippen LogP contribution in [0.1, 0.15) is 33.1 Å². The second-order valence-corrected chi connectivity index (χ2v) is 8.12. The molecule has 1 heterocycles. The zero-order valence-electron chi connectivity index (χ0n) is 8.38. The van der Waals surface area contributed by atoms with Gasteiger partial charge in [0.05, 0.1) is 0 Å². The number of hydrogen-bond donors (Lipinski definition) is 1. The van der Waals surface area contributed by atoms with Crippen LogP contribution in [0.15, 0.2) is 0 Å². The van der Waals surface area contributed by atoms with Crippen LogP contribution in [0.4, 0.5) is 0 Å². The fraction of sp³-hybridized carbons (Fsp3) is 1.00. The number of hydrogen-bond acceptors (Lipinski definition) is 1. The first-order chi connectivity index (χ1) is 5.79. The third kappa shape index (κ3) is 1.80. The van der Waals surface area contributed by atoms with Gasteiger partial charge in [-0.25, -0.2) is 10.0 Å². The van der Waals surface area contributed by atoms with Crippen LogP contribution < -0.4 is 0 Å². The summed E-state index contributed by atoms with van der Waals surface area (Å²) in [6, 6.07) is 0. The molecule has 0 spiro atoms. The Morgan fingerprint density at radius 3 is 2.50 bits per heavy atom. The zero-order chi connectivity index (χ0) is 9.03. The van der Waals surface area contributed by atoms with Crippen molar-refractivity contribution in [3.63, 3.8) is 0 Å². The van der Waals surface area contributed by atoms with Gasteiger partial charge in [0.15, 0.2) is 0 Å². The van der Waals surface area contributed by atoms with Gasteiger partial charge in [-0.2, -0.15) is 0 Å².